The van der Waals surface area contributed by atoms with Gasteiger partial charge >= 0.3 is 0 Å². The van der Waals surface area contributed by atoms with Crippen LogP contribution in [0.3, 0.4) is 0 Å². The fourth-order valence-electron chi connectivity index (χ4n) is 2.81. The molecule has 2 heterocycles. The van der Waals surface area contributed by atoms with E-state index in [9.17, 15) is 4.79 Å². The molecule has 1 aromatic heterocycles. The van der Waals surface area contributed by atoms with E-state index in [0.29, 0.717) is 11.9 Å². The number of hydrogen-bond donors (Lipinski definition) is 2. The molecule has 0 radical (unpaired) electrons. The van der Waals surface area contributed by atoms with Gasteiger partial charge in [-0.3, -0.25) is 9.69 Å². The van der Waals surface area contributed by atoms with Crippen molar-refractivity contribution in [2.45, 2.75) is 18.9 Å². The van der Waals surface area contributed by atoms with E-state index in [2.05, 4.69) is 56.6 Å². The van der Waals surface area contributed by atoms with Crippen molar-refractivity contribution in [3.8, 4) is 0 Å². The summed E-state index contributed by atoms with van der Waals surface area (Å²) >= 11 is 0. The quantitative estimate of drug-likeness (QED) is 0.890. The van der Waals surface area contributed by atoms with Gasteiger partial charge in [-0.25, -0.2) is 4.98 Å². The minimum Gasteiger partial charge on any atom is -0.363 e. The first-order valence-corrected chi connectivity index (χ1v) is 8.05. The van der Waals surface area contributed by atoms with Crippen LogP contribution in [0.25, 0.3) is 6.08 Å². The maximum absolute atomic E-state index is 11.6. The Morgan fingerprint density at radius 1 is 1.26 bits per heavy atom. The first-order valence-electron chi connectivity index (χ1n) is 8.05. The molecule has 0 aliphatic carbocycles. The molecule has 1 aliphatic heterocycles. The average molecular weight is 310 g/mol. The Morgan fingerprint density at radius 3 is 2.78 bits per heavy atom. The number of likely N-dealkylation sites (tertiary alicyclic amines) is 1. The molecule has 1 fully saturated rings. The SMILES string of the molecule is O=c1[nH]ccnc1NC1CCN(C/C=C/c2ccccc2)CC1. The molecule has 0 atom stereocenters. The lowest BCUT2D eigenvalue weighted by Crippen LogP contribution is -2.40. The van der Waals surface area contributed by atoms with Crippen molar-refractivity contribution in [2.75, 3.05) is 25.0 Å². The summed E-state index contributed by atoms with van der Waals surface area (Å²) in [6.07, 6.45) is 9.58. The van der Waals surface area contributed by atoms with E-state index in [1.807, 2.05) is 6.07 Å². The third-order valence-corrected chi connectivity index (χ3v) is 4.11. The van der Waals surface area contributed by atoms with Gasteiger partial charge in [-0.15, -0.1) is 0 Å². The highest BCUT2D eigenvalue weighted by Crippen LogP contribution is 2.13. The summed E-state index contributed by atoms with van der Waals surface area (Å²) in [5, 5.41) is 3.25. The number of aromatic nitrogens is 2. The molecule has 0 saturated carbocycles. The summed E-state index contributed by atoms with van der Waals surface area (Å²) in [5.74, 6) is 0.426. The highest BCUT2D eigenvalue weighted by Gasteiger charge is 2.19. The zero-order valence-electron chi connectivity index (χ0n) is 13.1. The van der Waals surface area contributed by atoms with E-state index < -0.39 is 0 Å². The van der Waals surface area contributed by atoms with Gasteiger partial charge in [0.2, 0.25) is 0 Å². The predicted octanol–water partition coefficient (Wildman–Crippen LogP) is 2.36. The fraction of sp³-hybridized carbons (Fsp3) is 0.333. The van der Waals surface area contributed by atoms with Gasteiger partial charge in [0, 0.05) is 38.1 Å². The molecule has 0 bridgehead atoms. The van der Waals surface area contributed by atoms with E-state index in [-0.39, 0.29) is 5.56 Å². The van der Waals surface area contributed by atoms with Gasteiger partial charge in [0.25, 0.3) is 5.56 Å². The zero-order chi connectivity index (χ0) is 15.9. The molecule has 2 aromatic rings. The number of anilines is 1. The van der Waals surface area contributed by atoms with Crippen LogP contribution in [-0.2, 0) is 0 Å². The molecular formula is C18H22N4O. The molecule has 1 aliphatic rings. The van der Waals surface area contributed by atoms with Crippen LogP contribution in [0.5, 0.6) is 0 Å². The summed E-state index contributed by atoms with van der Waals surface area (Å²) in [4.78, 5) is 20.8. The van der Waals surface area contributed by atoms with Crippen molar-refractivity contribution in [3.63, 3.8) is 0 Å². The van der Waals surface area contributed by atoms with E-state index >= 15 is 0 Å². The number of benzene rings is 1. The second kappa shape index (κ2) is 7.74. The maximum atomic E-state index is 11.6. The summed E-state index contributed by atoms with van der Waals surface area (Å²) in [7, 11) is 0. The highest BCUT2D eigenvalue weighted by atomic mass is 16.1. The van der Waals surface area contributed by atoms with Crippen LogP contribution in [0.15, 0.2) is 53.6 Å². The highest BCUT2D eigenvalue weighted by molar-refractivity contribution is 5.48. The largest absolute Gasteiger partial charge is 0.363 e. The van der Waals surface area contributed by atoms with Gasteiger partial charge in [-0.05, 0) is 18.4 Å². The van der Waals surface area contributed by atoms with E-state index in [4.69, 9.17) is 0 Å². The van der Waals surface area contributed by atoms with Crippen molar-refractivity contribution in [1.82, 2.24) is 14.9 Å². The third kappa shape index (κ3) is 4.53. The predicted molar refractivity (Wildman–Crippen MR) is 93.4 cm³/mol. The molecule has 2 N–H and O–H groups in total. The molecule has 0 spiro atoms. The lowest BCUT2D eigenvalue weighted by molar-refractivity contribution is 0.240. The Bertz CT molecular complexity index is 687. The molecule has 1 aromatic carbocycles. The lowest BCUT2D eigenvalue weighted by Gasteiger charge is -2.31. The lowest BCUT2D eigenvalue weighted by atomic mass is 10.1. The molecule has 3 rings (SSSR count). The molecule has 0 amide bonds. The molecule has 0 unspecified atom stereocenters. The zero-order valence-corrected chi connectivity index (χ0v) is 13.1. The number of nitrogens with one attached hydrogen (secondary N) is 2. The minimum atomic E-state index is -0.152. The fourth-order valence-corrected chi connectivity index (χ4v) is 2.81. The molecule has 5 heteroatoms. The maximum Gasteiger partial charge on any atom is 0.290 e. The minimum absolute atomic E-state index is 0.152. The Kier molecular flexibility index (Phi) is 5.21. The molecule has 1 saturated heterocycles. The summed E-state index contributed by atoms with van der Waals surface area (Å²) in [6, 6.07) is 10.7. The molecule has 23 heavy (non-hydrogen) atoms. The third-order valence-electron chi connectivity index (χ3n) is 4.11. The Balaban J connectivity index is 1.44. The van der Waals surface area contributed by atoms with Crippen LogP contribution in [0.2, 0.25) is 0 Å². The van der Waals surface area contributed by atoms with Crippen molar-refractivity contribution in [2.24, 2.45) is 0 Å². The van der Waals surface area contributed by atoms with Gasteiger partial charge < -0.3 is 10.3 Å². The van der Waals surface area contributed by atoms with Crippen molar-refractivity contribution in [1.29, 1.82) is 0 Å². The number of piperidine rings is 1. The van der Waals surface area contributed by atoms with E-state index in [0.717, 1.165) is 32.5 Å². The monoisotopic (exact) mass is 310 g/mol. The van der Waals surface area contributed by atoms with Gasteiger partial charge in [-0.1, -0.05) is 42.5 Å². The normalized spacial score (nSPS) is 16.7. The van der Waals surface area contributed by atoms with Crippen LogP contribution >= 0.6 is 0 Å². The van der Waals surface area contributed by atoms with Gasteiger partial charge in [0.1, 0.15) is 0 Å². The van der Waals surface area contributed by atoms with Crippen LogP contribution < -0.4 is 10.9 Å². The molecule has 120 valence electrons. The second-order valence-electron chi connectivity index (χ2n) is 5.80. The van der Waals surface area contributed by atoms with Crippen LogP contribution in [0.1, 0.15) is 18.4 Å². The second-order valence-corrected chi connectivity index (χ2v) is 5.80. The standard InChI is InChI=1S/C18H22N4O/c23-18-17(19-10-11-20-18)21-16-8-13-22(14-9-16)12-4-7-15-5-2-1-3-6-15/h1-7,10-11,16H,8-9,12-14H2,(H,19,21)(H,20,23)/b7-4+. The smallest absolute Gasteiger partial charge is 0.290 e. The van der Waals surface area contributed by atoms with Crippen LogP contribution in [0, 0.1) is 0 Å². The van der Waals surface area contributed by atoms with E-state index in [1.165, 1.54) is 5.56 Å². The number of H-pyrrole nitrogens is 1. The van der Waals surface area contributed by atoms with Gasteiger partial charge in [-0.2, -0.15) is 0 Å². The molecular weight excluding hydrogens is 288 g/mol. The topological polar surface area (TPSA) is 61.0 Å². The summed E-state index contributed by atoms with van der Waals surface area (Å²) in [6.45, 7) is 3.02. The number of aromatic amines is 1. The van der Waals surface area contributed by atoms with E-state index in [1.54, 1.807) is 12.4 Å². The Morgan fingerprint density at radius 2 is 2.04 bits per heavy atom. The van der Waals surface area contributed by atoms with Crippen molar-refractivity contribution in [3.05, 3.63) is 64.7 Å². The van der Waals surface area contributed by atoms with Crippen LogP contribution in [0.4, 0.5) is 5.82 Å². The number of rotatable bonds is 5. The van der Waals surface area contributed by atoms with Crippen LogP contribution in [-0.4, -0.2) is 40.5 Å². The Labute approximate surface area is 136 Å². The average Bonchev–Trinajstić information content (AvgIpc) is 2.59. The Hall–Kier alpha value is -2.40. The number of nitrogens with zero attached hydrogens (tertiary/aromatic N) is 2. The van der Waals surface area contributed by atoms with Gasteiger partial charge in [0.05, 0.1) is 0 Å². The first kappa shape index (κ1) is 15.5. The molecule has 5 nitrogen and oxygen atoms in total. The van der Waals surface area contributed by atoms with Gasteiger partial charge in [0.15, 0.2) is 5.82 Å². The number of hydrogen-bond acceptors (Lipinski definition) is 4. The van der Waals surface area contributed by atoms with Crippen molar-refractivity contribution < 1.29 is 0 Å². The summed E-state index contributed by atoms with van der Waals surface area (Å²) in [5.41, 5.74) is 1.08. The summed E-state index contributed by atoms with van der Waals surface area (Å²) < 4.78 is 0. The first-order chi connectivity index (χ1) is 11.3. The van der Waals surface area contributed by atoms with Crippen molar-refractivity contribution >= 4 is 11.9 Å².